The summed E-state index contributed by atoms with van der Waals surface area (Å²) in [5, 5.41) is 0. The first-order valence-corrected chi connectivity index (χ1v) is 19.6. The van der Waals surface area contributed by atoms with Gasteiger partial charge in [0.15, 0.2) is 0 Å². The van der Waals surface area contributed by atoms with Gasteiger partial charge in [-0.25, -0.2) is 0 Å². The largest absolute Gasteiger partial charge is 0.310 e. The smallest absolute Gasteiger partial charge is 0.0743 e. The molecular formula is C55H40N2. The van der Waals surface area contributed by atoms with Gasteiger partial charge in [0.2, 0.25) is 0 Å². The van der Waals surface area contributed by atoms with Gasteiger partial charge in [-0.05, 0) is 93.5 Å². The molecule has 57 heavy (non-hydrogen) atoms. The van der Waals surface area contributed by atoms with E-state index >= 15 is 0 Å². The highest BCUT2D eigenvalue weighted by molar-refractivity contribution is 5.93. The summed E-state index contributed by atoms with van der Waals surface area (Å²) in [6.45, 7) is 0. The molecule has 10 rings (SSSR count). The van der Waals surface area contributed by atoms with Crippen LogP contribution in [-0.4, -0.2) is 0 Å². The second-order valence-electron chi connectivity index (χ2n) is 14.5. The Bertz CT molecular complexity index is 2720. The lowest BCUT2D eigenvalue weighted by molar-refractivity contribution is 0.731. The molecule has 0 bridgehead atoms. The zero-order valence-corrected chi connectivity index (χ0v) is 31.5. The number of anilines is 6. The number of hydrogen-bond acceptors (Lipinski definition) is 2. The minimum Gasteiger partial charge on any atom is -0.310 e. The maximum atomic E-state index is 2.45. The molecule has 0 saturated heterocycles. The summed E-state index contributed by atoms with van der Waals surface area (Å²) in [6, 6.07) is 88.0. The molecule has 0 aromatic heterocycles. The Hall–Kier alpha value is -7.42. The molecule has 0 radical (unpaired) electrons. The van der Waals surface area contributed by atoms with Gasteiger partial charge >= 0.3 is 0 Å². The molecule has 0 spiro atoms. The Morgan fingerprint density at radius 2 is 0.807 bits per heavy atom. The highest BCUT2D eigenvalue weighted by atomic mass is 15.2. The average Bonchev–Trinajstić information content (AvgIpc) is 3.30. The van der Waals surface area contributed by atoms with Crippen LogP contribution in [0.4, 0.5) is 34.1 Å². The van der Waals surface area contributed by atoms with Crippen LogP contribution in [0.15, 0.2) is 243 Å². The Labute approximate surface area is 335 Å². The molecule has 1 heterocycles. The highest BCUT2D eigenvalue weighted by Gasteiger charge is 2.46. The van der Waals surface area contributed by atoms with Crippen LogP contribution in [0, 0.1) is 0 Å². The number of para-hydroxylation sites is 3. The summed E-state index contributed by atoms with van der Waals surface area (Å²) < 4.78 is 0. The van der Waals surface area contributed by atoms with Gasteiger partial charge < -0.3 is 9.80 Å². The molecule has 0 N–H and O–H groups in total. The van der Waals surface area contributed by atoms with Crippen LogP contribution in [0.3, 0.4) is 0 Å². The molecule has 9 aromatic rings. The van der Waals surface area contributed by atoms with Crippen LogP contribution >= 0.6 is 0 Å². The predicted molar refractivity (Wildman–Crippen MR) is 239 cm³/mol. The van der Waals surface area contributed by atoms with Crippen molar-refractivity contribution in [2.45, 2.75) is 5.41 Å². The molecule has 0 atom stereocenters. The Kier molecular flexibility index (Phi) is 8.78. The standard InChI is InChI=1S/C55H40N2/c1-6-20-41(21-7-1)42-34-36-47(37-35-42)56(52-32-18-16-30-49(52)43-22-8-2-9-23-43)48-38-39-54-51(40-48)55(44-24-10-3-11-25-44,45-26-12-4-13-27-45)50-31-17-19-33-53(50)57(54)46-28-14-5-15-29-46/h1-40H. The lowest BCUT2D eigenvalue weighted by Gasteiger charge is -2.47. The average molecular weight is 729 g/mol. The fraction of sp³-hybridized carbons (Fsp3) is 0.0182. The molecule has 0 amide bonds. The lowest BCUT2D eigenvalue weighted by Crippen LogP contribution is -2.38. The number of rotatable bonds is 8. The molecule has 270 valence electrons. The second kappa shape index (κ2) is 14.7. The van der Waals surface area contributed by atoms with Crippen molar-refractivity contribution in [3.05, 3.63) is 265 Å². The quantitative estimate of drug-likeness (QED) is 0.154. The van der Waals surface area contributed by atoms with Crippen molar-refractivity contribution in [2.75, 3.05) is 9.80 Å². The molecule has 1 aliphatic heterocycles. The van der Waals surface area contributed by atoms with E-state index in [0.717, 1.165) is 34.0 Å². The molecule has 9 aromatic carbocycles. The van der Waals surface area contributed by atoms with Gasteiger partial charge in [0, 0.05) is 22.6 Å². The summed E-state index contributed by atoms with van der Waals surface area (Å²) in [5.41, 5.74) is 15.7. The fourth-order valence-corrected chi connectivity index (χ4v) is 8.83. The first kappa shape index (κ1) is 34.1. The van der Waals surface area contributed by atoms with E-state index < -0.39 is 5.41 Å². The number of fused-ring (bicyclic) bond motifs is 2. The van der Waals surface area contributed by atoms with Gasteiger partial charge in [-0.2, -0.15) is 0 Å². The molecule has 2 nitrogen and oxygen atoms in total. The first-order valence-electron chi connectivity index (χ1n) is 19.6. The van der Waals surface area contributed by atoms with Crippen LogP contribution in [0.2, 0.25) is 0 Å². The van der Waals surface area contributed by atoms with E-state index in [1.165, 1.54) is 44.6 Å². The third-order valence-corrected chi connectivity index (χ3v) is 11.3. The van der Waals surface area contributed by atoms with Gasteiger partial charge in [-0.15, -0.1) is 0 Å². The van der Waals surface area contributed by atoms with Gasteiger partial charge in [-0.1, -0.05) is 188 Å². The van der Waals surface area contributed by atoms with Gasteiger partial charge in [0.25, 0.3) is 0 Å². The van der Waals surface area contributed by atoms with E-state index in [-0.39, 0.29) is 0 Å². The van der Waals surface area contributed by atoms with Gasteiger partial charge in [-0.3, -0.25) is 0 Å². The van der Waals surface area contributed by atoms with Gasteiger partial charge in [0.1, 0.15) is 0 Å². The molecule has 0 saturated carbocycles. The van der Waals surface area contributed by atoms with E-state index in [4.69, 9.17) is 0 Å². The van der Waals surface area contributed by atoms with Crippen molar-refractivity contribution in [2.24, 2.45) is 0 Å². The minimum atomic E-state index is -0.627. The van der Waals surface area contributed by atoms with Crippen molar-refractivity contribution < 1.29 is 0 Å². The summed E-state index contributed by atoms with van der Waals surface area (Å²) in [5.74, 6) is 0. The molecule has 0 fully saturated rings. The maximum Gasteiger partial charge on any atom is 0.0743 e. The van der Waals surface area contributed by atoms with Crippen LogP contribution in [0.1, 0.15) is 22.3 Å². The second-order valence-corrected chi connectivity index (χ2v) is 14.5. The fourth-order valence-electron chi connectivity index (χ4n) is 8.83. The Morgan fingerprint density at radius 1 is 0.333 bits per heavy atom. The summed E-state index contributed by atoms with van der Waals surface area (Å²) in [6.07, 6.45) is 0. The number of hydrogen-bond donors (Lipinski definition) is 0. The van der Waals surface area contributed by atoms with Crippen molar-refractivity contribution in [1.29, 1.82) is 0 Å². The predicted octanol–water partition coefficient (Wildman–Crippen LogP) is 14.7. The minimum absolute atomic E-state index is 0.627. The van der Waals surface area contributed by atoms with Gasteiger partial charge in [0.05, 0.1) is 22.5 Å². The summed E-state index contributed by atoms with van der Waals surface area (Å²) in [4.78, 5) is 4.88. The van der Waals surface area contributed by atoms with E-state index in [2.05, 4.69) is 252 Å². The highest BCUT2D eigenvalue weighted by Crippen LogP contribution is 2.58. The number of nitrogens with zero attached hydrogens (tertiary/aromatic N) is 2. The topological polar surface area (TPSA) is 6.48 Å². The zero-order valence-electron chi connectivity index (χ0n) is 31.5. The molecule has 0 aliphatic carbocycles. The van der Waals surface area contributed by atoms with Crippen molar-refractivity contribution in [3.8, 4) is 22.3 Å². The van der Waals surface area contributed by atoms with E-state index in [1.807, 2.05) is 0 Å². The first-order chi connectivity index (χ1) is 28.3. The van der Waals surface area contributed by atoms with Crippen LogP contribution in [-0.2, 0) is 5.41 Å². The Morgan fingerprint density at radius 3 is 1.46 bits per heavy atom. The lowest BCUT2D eigenvalue weighted by atomic mass is 9.62. The zero-order chi connectivity index (χ0) is 38.0. The SMILES string of the molecule is c1ccc(-c2ccc(N(c3ccc4c(c3)C(c3ccccc3)(c3ccccc3)c3ccccc3N4c3ccccc3)c3ccccc3-c3ccccc3)cc2)cc1. The van der Waals surface area contributed by atoms with Crippen LogP contribution < -0.4 is 9.80 Å². The molecule has 1 aliphatic rings. The summed E-state index contributed by atoms with van der Waals surface area (Å²) in [7, 11) is 0. The molecule has 2 heteroatoms. The molecular weight excluding hydrogens is 689 g/mol. The Balaban J connectivity index is 1.28. The summed E-state index contributed by atoms with van der Waals surface area (Å²) >= 11 is 0. The monoisotopic (exact) mass is 728 g/mol. The van der Waals surface area contributed by atoms with Crippen LogP contribution in [0.5, 0.6) is 0 Å². The van der Waals surface area contributed by atoms with E-state index in [1.54, 1.807) is 0 Å². The van der Waals surface area contributed by atoms with Crippen LogP contribution in [0.25, 0.3) is 22.3 Å². The number of benzene rings is 9. The third kappa shape index (κ3) is 5.91. The van der Waals surface area contributed by atoms with Crippen molar-refractivity contribution >= 4 is 34.1 Å². The normalized spacial score (nSPS) is 12.7. The third-order valence-electron chi connectivity index (χ3n) is 11.3. The molecule has 0 unspecified atom stereocenters. The maximum absolute atomic E-state index is 2.45. The van der Waals surface area contributed by atoms with Crippen molar-refractivity contribution in [3.63, 3.8) is 0 Å². The van der Waals surface area contributed by atoms with Crippen molar-refractivity contribution in [1.82, 2.24) is 0 Å². The van der Waals surface area contributed by atoms with E-state index in [9.17, 15) is 0 Å². The van der Waals surface area contributed by atoms with E-state index in [0.29, 0.717) is 0 Å².